The number of fused-ring (bicyclic) bond motifs is 1. The number of hydrogen-bond acceptors (Lipinski definition) is 7. The first kappa shape index (κ1) is 15.3. The molecule has 1 N–H and O–H groups in total. The van der Waals surface area contributed by atoms with E-state index in [1.807, 2.05) is 19.1 Å². The van der Waals surface area contributed by atoms with Crippen LogP contribution in [0.25, 0.3) is 0 Å². The van der Waals surface area contributed by atoms with Gasteiger partial charge in [-0.3, -0.25) is 0 Å². The van der Waals surface area contributed by atoms with Gasteiger partial charge < -0.3 is 15.0 Å². The van der Waals surface area contributed by atoms with E-state index < -0.39 is 0 Å². The van der Waals surface area contributed by atoms with Gasteiger partial charge in [0.15, 0.2) is 5.82 Å². The number of piperidine rings is 1. The van der Waals surface area contributed by atoms with E-state index in [-0.39, 0.29) is 6.10 Å². The second-order valence-corrected chi connectivity index (χ2v) is 6.52. The fourth-order valence-corrected chi connectivity index (χ4v) is 3.65. The molecule has 0 saturated carbocycles. The first-order valence-electron chi connectivity index (χ1n) is 8.47. The zero-order chi connectivity index (χ0) is 16.4. The third kappa shape index (κ3) is 3.17. The Hall–Kier alpha value is -2.28. The molecule has 4 rings (SSSR count). The zero-order valence-electron chi connectivity index (χ0n) is 13.8. The van der Waals surface area contributed by atoms with E-state index in [0.29, 0.717) is 17.8 Å². The standard InChI is InChI=1S/C17H22N6O/c1-12-3-4-16(22-21-12)23-8-5-14-13(10-23)11-24-15(14)9-20-17-18-6-2-7-19-17/h2-4,6-7,13-15H,5,8-11H2,1H3,(H,18,19,20)/t13-,14-,15+/m1/s1. The van der Waals surface area contributed by atoms with Crippen LogP contribution in [0.2, 0.25) is 0 Å². The van der Waals surface area contributed by atoms with Crippen molar-refractivity contribution in [3.8, 4) is 0 Å². The van der Waals surface area contributed by atoms with Crippen molar-refractivity contribution in [1.29, 1.82) is 0 Å². The van der Waals surface area contributed by atoms with Gasteiger partial charge in [-0.2, -0.15) is 5.10 Å². The molecular formula is C17H22N6O. The molecule has 126 valence electrons. The van der Waals surface area contributed by atoms with Crippen molar-refractivity contribution < 1.29 is 4.74 Å². The second-order valence-electron chi connectivity index (χ2n) is 6.52. The number of ether oxygens (including phenoxy) is 1. The average Bonchev–Trinajstić information content (AvgIpc) is 3.04. The van der Waals surface area contributed by atoms with Gasteiger partial charge in [0.05, 0.1) is 18.4 Å². The topological polar surface area (TPSA) is 76.1 Å². The van der Waals surface area contributed by atoms with E-state index in [0.717, 1.165) is 44.2 Å². The smallest absolute Gasteiger partial charge is 0.222 e. The molecule has 0 bridgehead atoms. The van der Waals surface area contributed by atoms with Gasteiger partial charge in [0.1, 0.15) is 0 Å². The molecule has 2 aliphatic heterocycles. The molecule has 4 heterocycles. The minimum atomic E-state index is 0.227. The highest BCUT2D eigenvalue weighted by Gasteiger charge is 2.41. The van der Waals surface area contributed by atoms with E-state index >= 15 is 0 Å². The lowest BCUT2D eigenvalue weighted by Crippen LogP contribution is -2.43. The van der Waals surface area contributed by atoms with Gasteiger partial charge in [-0.1, -0.05) is 0 Å². The predicted octanol–water partition coefficient (Wildman–Crippen LogP) is 1.53. The van der Waals surface area contributed by atoms with Gasteiger partial charge in [0.2, 0.25) is 5.95 Å². The third-order valence-electron chi connectivity index (χ3n) is 4.93. The molecule has 0 spiro atoms. The lowest BCUT2D eigenvalue weighted by atomic mass is 9.84. The first-order chi connectivity index (χ1) is 11.8. The molecule has 2 aliphatic rings. The Morgan fingerprint density at radius 2 is 2.12 bits per heavy atom. The number of anilines is 2. The van der Waals surface area contributed by atoms with Crippen LogP contribution < -0.4 is 10.2 Å². The highest BCUT2D eigenvalue weighted by Crippen LogP contribution is 2.35. The highest BCUT2D eigenvalue weighted by molar-refractivity contribution is 5.38. The van der Waals surface area contributed by atoms with Crippen LogP contribution in [-0.2, 0) is 4.74 Å². The van der Waals surface area contributed by atoms with Crippen molar-refractivity contribution in [1.82, 2.24) is 20.2 Å². The SMILES string of the molecule is Cc1ccc(N2CC[C@@H]3[C@@H](CO[C@H]3CNc3ncccn3)C2)nn1. The second kappa shape index (κ2) is 6.68. The summed E-state index contributed by atoms with van der Waals surface area (Å²) < 4.78 is 6.04. The lowest BCUT2D eigenvalue weighted by molar-refractivity contribution is 0.0991. The summed E-state index contributed by atoms with van der Waals surface area (Å²) in [6.45, 7) is 5.52. The molecule has 0 amide bonds. The van der Waals surface area contributed by atoms with Crippen LogP contribution in [-0.4, -0.2) is 52.5 Å². The van der Waals surface area contributed by atoms with Crippen molar-refractivity contribution in [2.45, 2.75) is 19.4 Å². The van der Waals surface area contributed by atoms with Gasteiger partial charge in [-0.25, -0.2) is 9.97 Å². The molecule has 2 aromatic heterocycles. The largest absolute Gasteiger partial charge is 0.376 e. The maximum atomic E-state index is 6.04. The lowest BCUT2D eigenvalue weighted by Gasteiger charge is -2.36. The summed E-state index contributed by atoms with van der Waals surface area (Å²) in [6, 6.07) is 5.90. The Labute approximate surface area is 141 Å². The van der Waals surface area contributed by atoms with E-state index in [9.17, 15) is 0 Å². The molecular weight excluding hydrogens is 304 g/mol. The van der Waals surface area contributed by atoms with Gasteiger partial charge in [0.25, 0.3) is 0 Å². The Balaban J connectivity index is 1.35. The van der Waals surface area contributed by atoms with E-state index in [1.54, 1.807) is 12.4 Å². The van der Waals surface area contributed by atoms with Gasteiger partial charge >= 0.3 is 0 Å². The molecule has 2 aromatic rings. The molecule has 24 heavy (non-hydrogen) atoms. The van der Waals surface area contributed by atoms with E-state index in [2.05, 4.69) is 36.4 Å². The van der Waals surface area contributed by atoms with Crippen molar-refractivity contribution in [2.75, 3.05) is 36.5 Å². The molecule has 3 atom stereocenters. The van der Waals surface area contributed by atoms with Crippen molar-refractivity contribution in [3.63, 3.8) is 0 Å². The summed E-state index contributed by atoms with van der Waals surface area (Å²) in [5.41, 5.74) is 0.951. The maximum Gasteiger partial charge on any atom is 0.222 e. The summed E-state index contributed by atoms with van der Waals surface area (Å²) in [5.74, 6) is 2.76. The van der Waals surface area contributed by atoms with Crippen molar-refractivity contribution >= 4 is 11.8 Å². The molecule has 2 saturated heterocycles. The minimum Gasteiger partial charge on any atom is -0.376 e. The minimum absolute atomic E-state index is 0.227. The molecule has 7 heteroatoms. The zero-order valence-corrected chi connectivity index (χ0v) is 13.8. The third-order valence-corrected chi connectivity index (χ3v) is 4.93. The van der Waals surface area contributed by atoms with Crippen molar-refractivity contribution in [3.05, 3.63) is 36.3 Å². The van der Waals surface area contributed by atoms with Crippen LogP contribution in [0, 0.1) is 18.8 Å². The Kier molecular flexibility index (Phi) is 4.25. The average molecular weight is 326 g/mol. The van der Waals surface area contributed by atoms with E-state index in [4.69, 9.17) is 4.74 Å². The van der Waals surface area contributed by atoms with Crippen LogP contribution in [0.15, 0.2) is 30.6 Å². The number of rotatable bonds is 4. The summed E-state index contributed by atoms with van der Waals surface area (Å²) in [5, 5.41) is 11.8. The van der Waals surface area contributed by atoms with Crippen LogP contribution in [0.3, 0.4) is 0 Å². The highest BCUT2D eigenvalue weighted by atomic mass is 16.5. The first-order valence-corrected chi connectivity index (χ1v) is 8.47. The molecule has 0 aromatic carbocycles. The fraction of sp³-hybridized carbons (Fsp3) is 0.529. The predicted molar refractivity (Wildman–Crippen MR) is 90.8 cm³/mol. The summed E-state index contributed by atoms with van der Waals surface area (Å²) in [6.07, 6.45) is 4.83. The Morgan fingerprint density at radius 1 is 1.25 bits per heavy atom. The normalized spacial score (nSPS) is 26.2. The molecule has 0 radical (unpaired) electrons. The van der Waals surface area contributed by atoms with Crippen LogP contribution in [0.4, 0.5) is 11.8 Å². The summed E-state index contributed by atoms with van der Waals surface area (Å²) >= 11 is 0. The maximum absolute atomic E-state index is 6.04. The summed E-state index contributed by atoms with van der Waals surface area (Å²) in [4.78, 5) is 10.7. The van der Waals surface area contributed by atoms with Gasteiger partial charge in [-0.05, 0) is 37.5 Å². The van der Waals surface area contributed by atoms with Gasteiger partial charge in [0, 0.05) is 37.9 Å². The number of nitrogens with one attached hydrogen (secondary N) is 1. The molecule has 0 aliphatic carbocycles. The number of aromatic nitrogens is 4. The van der Waals surface area contributed by atoms with Crippen LogP contribution >= 0.6 is 0 Å². The van der Waals surface area contributed by atoms with Crippen LogP contribution in [0.5, 0.6) is 0 Å². The van der Waals surface area contributed by atoms with Crippen LogP contribution in [0.1, 0.15) is 12.1 Å². The number of aryl methyl sites for hydroxylation is 1. The molecule has 7 nitrogen and oxygen atoms in total. The van der Waals surface area contributed by atoms with Gasteiger partial charge in [-0.15, -0.1) is 5.10 Å². The molecule has 0 unspecified atom stereocenters. The Bertz CT molecular complexity index is 665. The number of hydrogen-bond donors (Lipinski definition) is 1. The summed E-state index contributed by atoms with van der Waals surface area (Å²) in [7, 11) is 0. The van der Waals surface area contributed by atoms with Crippen molar-refractivity contribution in [2.24, 2.45) is 11.8 Å². The quantitative estimate of drug-likeness (QED) is 0.913. The Morgan fingerprint density at radius 3 is 2.92 bits per heavy atom. The molecule has 2 fully saturated rings. The van der Waals surface area contributed by atoms with E-state index in [1.165, 1.54) is 0 Å². The number of nitrogens with zero attached hydrogens (tertiary/aromatic N) is 5. The fourth-order valence-electron chi connectivity index (χ4n) is 3.65. The monoisotopic (exact) mass is 326 g/mol.